The predicted octanol–water partition coefficient (Wildman–Crippen LogP) is 2.34. The van der Waals surface area contributed by atoms with Gasteiger partial charge in [-0.1, -0.05) is 11.8 Å². The summed E-state index contributed by atoms with van der Waals surface area (Å²) in [6.45, 7) is 2.93. The van der Waals surface area contributed by atoms with Crippen molar-refractivity contribution >= 4 is 33.4 Å². The van der Waals surface area contributed by atoms with Gasteiger partial charge in [0.1, 0.15) is 5.76 Å². The van der Waals surface area contributed by atoms with Crippen LogP contribution in [0.1, 0.15) is 12.7 Å². The molecular formula is C18H21N5O4S2. The number of hydrogen-bond donors (Lipinski definition) is 2. The van der Waals surface area contributed by atoms with Crippen molar-refractivity contribution in [3.05, 3.63) is 48.4 Å². The molecule has 1 amide bonds. The number of amides is 1. The number of anilines is 1. The summed E-state index contributed by atoms with van der Waals surface area (Å²) in [7, 11) is -3.33. The molecule has 0 unspecified atom stereocenters. The van der Waals surface area contributed by atoms with Crippen LogP contribution in [0.3, 0.4) is 0 Å². The van der Waals surface area contributed by atoms with E-state index in [1.54, 1.807) is 42.7 Å². The van der Waals surface area contributed by atoms with Gasteiger partial charge in [-0.25, -0.2) is 8.42 Å². The summed E-state index contributed by atoms with van der Waals surface area (Å²) >= 11 is 1.30. The third-order valence-electron chi connectivity index (χ3n) is 3.85. The molecule has 0 radical (unpaired) electrons. The fourth-order valence-corrected chi connectivity index (χ4v) is 3.97. The van der Waals surface area contributed by atoms with E-state index >= 15 is 0 Å². The topological polar surface area (TPSA) is 119 Å². The maximum absolute atomic E-state index is 12.1. The number of rotatable bonds is 9. The first kappa shape index (κ1) is 20.9. The smallest absolute Gasteiger partial charge is 0.230 e. The second-order valence-corrected chi connectivity index (χ2v) is 8.84. The number of furan rings is 1. The van der Waals surface area contributed by atoms with Gasteiger partial charge < -0.3 is 14.3 Å². The first-order chi connectivity index (χ1) is 13.9. The fraction of sp³-hybridized carbons (Fsp3) is 0.278. The van der Waals surface area contributed by atoms with E-state index in [1.165, 1.54) is 11.8 Å². The molecule has 0 aliphatic carbocycles. The monoisotopic (exact) mass is 435 g/mol. The molecule has 29 heavy (non-hydrogen) atoms. The Morgan fingerprint density at radius 3 is 2.59 bits per heavy atom. The van der Waals surface area contributed by atoms with Crippen molar-refractivity contribution in [2.45, 2.75) is 25.2 Å². The minimum absolute atomic E-state index is 0.130. The van der Waals surface area contributed by atoms with Gasteiger partial charge in [-0.05, 0) is 43.3 Å². The van der Waals surface area contributed by atoms with E-state index in [2.05, 4.69) is 20.2 Å². The summed E-state index contributed by atoms with van der Waals surface area (Å²) in [4.78, 5) is 12.1. The SMILES string of the molecule is CCn1c(SCC(=O)NCc2ccco2)nnc1-c1ccc(NS(C)(=O)=O)cc1. The molecule has 3 aromatic rings. The molecule has 11 heteroatoms. The van der Waals surface area contributed by atoms with Crippen LogP contribution in [0, 0.1) is 0 Å². The molecule has 2 aromatic heterocycles. The Morgan fingerprint density at radius 1 is 1.21 bits per heavy atom. The Labute approximate surface area is 173 Å². The molecule has 0 saturated heterocycles. The number of aromatic nitrogens is 3. The number of nitrogens with zero attached hydrogens (tertiary/aromatic N) is 3. The highest BCUT2D eigenvalue weighted by Gasteiger charge is 2.15. The molecular weight excluding hydrogens is 414 g/mol. The first-order valence-electron chi connectivity index (χ1n) is 8.79. The average molecular weight is 436 g/mol. The molecule has 1 aromatic carbocycles. The predicted molar refractivity (Wildman–Crippen MR) is 111 cm³/mol. The zero-order valence-electron chi connectivity index (χ0n) is 16.0. The molecule has 0 saturated carbocycles. The van der Waals surface area contributed by atoms with Gasteiger partial charge in [0.05, 0.1) is 24.8 Å². The maximum Gasteiger partial charge on any atom is 0.230 e. The molecule has 0 spiro atoms. The van der Waals surface area contributed by atoms with Crippen LogP contribution in [0.5, 0.6) is 0 Å². The van der Waals surface area contributed by atoms with Crippen LogP contribution in [-0.4, -0.2) is 41.1 Å². The Balaban J connectivity index is 1.64. The number of carbonyl (C=O) groups excluding carboxylic acids is 1. The number of carbonyl (C=O) groups is 1. The highest BCUT2D eigenvalue weighted by Crippen LogP contribution is 2.25. The maximum atomic E-state index is 12.1. The number of hydrogen-bond acceptors (Lipinski definition) is 7. The number of benzene rings is 1. The lowest BCUT2D eigenvalue weighted by Crippen LogP contribution is -2.24. The van der Waals surface area contributed by atoms with Crippen LogP contribution in [0.15, 0.2) is 52.2 Å². The lowest BCUT2D eigenvalue weighted by molar-refractivity contribution is -0.118. The normalized spacial score (nSPS) is 11.4. The number of sulfonamides is 1. The summed E-state index contributed by atoms with van der Waals surface area (Å²) in [5.74, 6) is 1.42. The minimum Gasteiger partial charge on any atom is -0.467 e. The molecule has 2 heterocycles. The van der Waals surface area contributed by atoms with E-state index in [4.69, 9.17) is 4.42 Å². The van der Waals surface area contributed by atoms with Gasteiger partial charge >= 0.3 is 0 Å². The molecule has 0 aliphatic rings. The molecule has 3 rings (SSSR count). The Hall–Kier alpha value is -2.79. The summed E-state index contributed by atoms with van der Waals surface area (Å²) in [5, 5.41) is 11.8. The van der Waals surface area contributed by atoms with Crippen molar-refractivity contribution in [2.75, 3.05) is 16.7 Å². The number of nitrogens with one attached hydrogen (secondary N) is 2. The zero-order valence-corrected chi connectivity index (χ0v) is 17.6. The second-order valence-electron chi connectivity index (χ2n) is 6.15. The lowest BCUT2D eigenvalue weighted by Gasteiger charge is -2.08. The Morgan fingerprint density at radius 2 is 1.97 bits per heavy atom. The third kappa shape index (κ3) is 5.84. The molecule has 0 atom stereocenters. The standard InChI is InChI=1S/C18H21N5O4S2/c1-3-23-17(13-6-8-14(9-7-13)22-29(2,25)26)20-21-18(23)28-12-16(24)19-11-15-5-4-10-27-15/h4-10,22H,3,11-12H2,1-2H3,(H,19,24). The van der Waals surface area contributed by atoms with Crippen molar-refractivity contribution in [1.82, 2.24) is 20.1 Å². The van der Waals surface area contributed by atoms with Gasteiger partial charge in [0.2, 0.25) is 15.9 Å². The second kappa shape index (κ2) is 9.14. The summed E-state index contributed by atoms with van der Waals surface area (Å²) in [5.41, 5.74) is 1.27. The Bertz CT molecular complexity index is 1060. The molecule has 154 valence electrons. The number of thioether (sulfide) groups is 1. The van der Waals surface area contributed by atoms with Crippen molar-refractivity contribution in [3.63, 3.8) is 0 Å². The van der Waals surface area contributed by atoms with Crippen LogP contribution in [0.4, 0.5) is 5.69 Å². The van der Waals surface area contributed by atoms with Crippen LogP contribution in [-0.2, 0) is 27.9 Å². The summed E-state index contributed by atoms with van der Waals surface area (Å²) < 4.78 is 32.2. The zero-order chi connectivity index (χ0) is 20.9. The summed E-state index contributed by atoms with van der Waals surface area (Å²) in [6.07, 6.45) is 2.66. The third-order valence-corrected chi connectivity index (χ3v) is 5.42. The fourth-order valence-electron chi connectivity index (χ4n) is 2.58. The average Bonchev–Trinajstić information content (AvgIpc) is 3.33. The van der Waals surface area contributed by atoms with E-state index < -0.39 is 10.0 Å². The molecule has 2 N–H and O–H groups in total. The molecule has 0 fully saturated rings. The minimum atomic E-state index is -3.33. The van der Waals surface area contributed by atoms with Gasteiger partial charge in [-0.15, -0.1) is 10.2 Å². The van der Waals surface area contributed by atoms with Crippen LogP contribution < -0.4 is 10.0 Å². The Kier molecular flexibility index (Phi) is 6.60. The quantitative estimate of drug-likeness (QED) is 0.495. The van der Waals surface area contributed by atoms with Gasteiger partial charge in [0.15, 0.2) is 11.0 Å². The lowest BCUT2D eigenvalue weighted by atomic mass is 10.2. The van der Waals surface area contributed by atoms with E-state index in [0.29, 0.717) is 35.5 Å². The van der Waals surface area contributed by atoms with E-state index in [0.717, 1.165) is 11.8 Å². The highest BCUT2D eigenvalue weighted by atomic mass is 32.2. The summed E-state index contributed by atoms with van der Waals surface area (Å²) in [6, 6.07) is 10.4. The highest BCUT2D eigenvalue weighted by molar-refractivity contribution is 7.99. The van der Waals surface area contributed by atoms with Gasteiger partial charge in [0, 0.05) is 17.8 Å². The van der Waals surface area contributed by atoms with Crippen LogP contribution >= 0.6 is 11.8 Å². The van der Waals surface area contributed by atoms with Crippen molar-refractivity contribution in [2.24, 2.45) is 0 Å². The van der Waals surface area contributed by atoms with Crippen LogP contribution in [0.25, 0.3) is 11.4 Å². The largest absolute Gasteiger partial charge is 0.467 e. The molecule has 9 nitrogen and oxygen atoms in total. The van der Waals surface area contributed by atoms with E-state index in [1.807, 2.05) is 11.5 Å². The molecule has 0 aliphatic heterocycles. The first-order valence-corrected chi connectivity index (χ1v) is 11.7. The van der Waals surface area contributed by atoms with Gasteiger partial charge in [-0.2, -0.15) is 0 Å². The molecule has 0 bridgehead atoms. The van der Waals surface area contributed by atoms with E-state index in [9.17, 15) is 13.2 Å². The van der Waals surface area contributed by atoms with Crippen molar-refractivity contribution < 1.29 is 17.6 Å². The van der Waals surface area contributed by atoms with Gasteiger partial charge in [0.25, 0.3) is 0 Å². The van der Waals surface area contributed by atoms with E-state index in [-0.39, 0.29) is 11.7 Å². The van der Waals surface area contributed by atoms with Gasteiger partial charge in [-0.3, -0.25) is 9.52 Å². The van der Waals surface area contributed by atoms with Crippen LogP contribution in [0.2, 0.25) is 0 Å². The van der Waals surface area contributed by atoms with Crippen molar-refractivity contribution in [3.8, 4) is 11.4 Å². The van der Waals surface area contributed by atoms with Crippen molar-refractivity contribution in [1.29, 1.82) is 0 Å².